The minimum Gasteiger partial charge on any atom is -0.399 e. The smallest absolute Gasteiger partial charge is 0.306 e. The fourth-order valence-corrected chi connectivity index (χ4v) is 3.02. The molecule has 0 bridgehead atoms. The number of benzene rings is 1. The van der Waals surface area contributed by atoms with Crippen molar-refractivity contribution < 1.29 is 12.3 Å². The van der Waals surface area contributed by atoms with E-state index in [9.17, 15) is 12.3 Å². The predicted octanol–water partition coefficient (Wildman–Crippen LogP) is 0.786. The second-order valence-corrected chi connectivity index (χ2v) is 6.11. The Bertz CT molecular complexity index is 569. The van der Waals surface area contributed by atoms with Gasteiger partial charge in [0.2, 0.25) is 0 Å². The van der Waals surface area contributed by atoms with Crippen LogP contribution in [-0.2, 0) is 16.0 Å². The molecule has 0 radical (unpaired) electrons. The van der Waals surface area contributed by atoms with Crippen LogP contribution in [0.1, 0.15) is 11.1 Å². The second kappa shape index (κ2) is 5.34. The normalized spacial score (nSPS) is 16.6. The van der Waals surface area contributed by atoms with Gasteiger partial charge < -0.3 is 16.0 Å². The van der Waals surface area contributed by atoms with Crippen LogP contribution < -0.4 is 16.0 Å². The Morgan fingerprint density at radius 3 is 2.58 bits per heavy atom. The molecule has 106 valence electrons. The molecular weight excluding hydrogens is 269 g/mol. The van der Waals surface area contributed by atoms with E-state index in [2.05, 4.69) is 10.2 Å². The van der Waals surface area contributed by atoms with E-state index in [0.717, 1.165) is 37.4 Å². The number of nitrogens with two attached hydrogens (primary N) is 1. The van der Waals surface area contributed by atoms with Gasteiger partial charge in [-0.1, -0.05) is 0 Å². The summed E-state index contributed by atoms with van der Waals surface area (Å²) in [6.07, 6.45) is 0. The van der Waals surface area contributed by atoms with E-state index in [1.165, 1.54) is 6.07 Å². The summed E-state index contributed by atoms with van der Waals surface area (Å²) >= 11 is 0. The minimum atomic E-state index is -4.55. The van der Waals surface area contributed by atoms with Crippen LogP contribution in [0, 0.1) is 6.92 Å². The molecule has 1 heterocycles. The Hall–Kier alpha value is -1.34. The summed E-state index contributed by atoms with van der Waals surface area (Å²) in [7, 11) is -4.55. The quantitative estimate of drug-likeness (QED) is 0.635. The molecule has 0 saturated carbocycles. The highest BCUT2D eigenvalue weighted by molar-refractivity contribution is 7.85. The molecule has 19 heavy (non-hydrogen) atoms. The van der Waals surface area contributed by atoms with Gasteiger partial charge in [0.25, 0.3) is 0 Å². The molecule has 0 amide bonds. The van der Waals surface area contributed by atoms with E-state index in [1.54, 1.807) is 6.92 Å². The monoisotopic (exact) mass is 287 g/mol. The molecule has 5 nitrogen and oxygen atoms in total. The van der Waals surface area contributed by atoms with Crippen LogP contribution >= 0.6 is 0 Å². The molecule has 1 aromatic carbocycles. The van der Waals surface area contributed by atoms with Crippen molar-refractivity contribution in [3.8, 4) is 0 Å². The third-order valence-electron chi connectivity index (χ3n) is 3.30. The first kappa shape index (κ1) is 14.1. The van der Waals surface area contributed by atoms with Gasteiger partial charge in [0, 0.05) is 37.6 Å². The van der Waals surface area contributed by atoms with E-state index in [0.29, 0.717) is 11.3 Å². The Kier molecular flexibility index (Phi) is 3.96. The molecular formula is C12H18FN3O2S. The molecule has 1 saturated heterocycles. The standard InChI is InChI=1S/C12H18FN3O2S/c1-9-10(8-19(13,17)18)6-11(14)7-12(9)16-4-2-15-3-5-16/h6-7,15H,2-5,8,14H2,1H3. The highest BCUT2D eigenvalue weighted by Crippen LogP contribution is 2.28. The van der Waals surface area contributed by atoms with Gasteiger partial charge in [0.1, 0.15) is 5.75 Å². The summed E-state index contributed by atoms with van der Waals surface area (Å²) in [5.74, 6) is -0.622. The lowest BCUT2D eigenvalue weighted by Crippen LogP contribution is -2.43. The molecule has 0 atom stereocenters. The summed E-state index contributed by atoms with van der Waals surface area (Å²) in [6, 6.07) is 3.34. The van der Waals surface area contributed by atoms with Crippen molar-refractivity contribution in [2.75, 3.05) is 36.8 Å². The second-order valence-electron chi connectivity index (χ2n) is 4.74. The molecule has 0 aliphatic carbocycles. The molecule has 1 fully saturated rings. The zero-order chi connectivity index (χ0) is 14.0. The van der Waals surface area contributed by atoms with Gasteiger partial charge in [-0.25, -0.2) is 0 Å². The number of hydrogen-bond donors (Lipinski definition) is 2. The van der Waals surface area contributed by atoms with Crippen molar-refractivity contribution >= 4 is 21.6 Å². The van der Waals surface area contributed by atoms with Gasteiger partial charge in [-0.05, 0) is 30.2 Å². The van der Waals surface area contributed by atoms with Crippen LogP contribution in [0.5, 0.6) is 0 Å². The third kappa shape index (κ3) is 3.57. The molecule has 0 unspecified atom stereocenters. The number of nitrogens with one attached hydrogen (secondary N) is 1. The summed E-state index contributed by atoms with van der Waals surface area (Å²) in [4.78, 5) is 2.14. The van der Waals surface area contributed by atoms with Gasteiger partial charge in [-0.2, -0.15) is 8.42 Å². The largest absolute Gasteiger partial charge is 0.399 e. The molecule has 1 aliphatic rings. The molecule has 1 aliphatic heterocycles. The van der Waals surface area contributed by atoms with Gasteiger partial charge in [-0.3, -0.25) is 0 Å². The van der Waals surface area contributed by atoms with E-state index in [1.807, 2.05) is 6.07 Å². The van der Waals surface area contributed by atoms with Crippen molar-refractivity contribution in [1.29, 1.82) is 0 Å². The Morgan fingerprint density at radius 2 is 2.00 bits per heavy atom. The summed E-state index contributed by atoms with van der Waals surface area (Å²) in [5, 5.41) is 3.24. The van der Waals surface area contributed by atoms with E-state index in [-0.39, 0.29) is 0 Å². The maximum Gasteiger partial charge on any atom is 0.306 e. The van der Waals surface area contributed by atoms with Crippen molar-refractivity contribution in [1.82, 2.24) is 5.32 Å². The van der Waals surface area contributed by atoms with Crippen LogP contribution in [0.25, 0.3) is 0 Å². The number of hydrogen-bond acceptors (Lipinski definition) is 5. The number of nitrogens with zero attached hydrogens (tertiary/aromatic N) is 1. The average molecular weight is 287 g/mol. The third-order valence-corrected chi connectivity index (χ3v) is 3.95. The Balaban J connectivity index is 2.38. The van der Waals surface area contributed by atoms with E-state index >= 15 is 0 Å². The van der Waals surface area contributed by atoms with Crippen LogP contribution in [-0.4, -0.2) is 34.6 Å². The lowest BCUT2D eigenvalue weighted by molar-refractivity contribution is 0.551. The molecule has 0 spiro atoms. The maximum atomic E-state index is 12.9. The van der Waals surface area contributed by atoms with Gasteiger partial charge >= 0.3 is 10.2 Å². The number of rotatable bonds is 3. The van der Waals surface area contributed by atoms with Crippen molar-refractivity contribution in [2.45, 2.75) is 12.7 Å². The van der Waals surface area contributed by atoms with Gasteiger partial charge in [-0.15, -0.1) is 3.89 Å². The first-order chi connectivity index (χ1) is 8.87. The summed E-state index contributed by atoms with van der Waals surface area (Å²) in [6.45, 7) is 5.19. The molecule has 3 N–H and O–H groups in total. The lowest BCUT2D eigenvalue weighted by atomic mass is 10.1. The van der Waals surface area contributed by atoms with Crippen molar-refractivity contribution in [3.05, 3.63) is 23.3 Å². The summed E-state index contributed by atoms with van der Waals surface area (Å²) < 4.78 is 34.5. The topological polar surface area (TPSA) is 75.4 Å². The van der Waals surface area contributed by atoms with Crippen molar-refractivity contribution in [2.24, 2.45) is 0 Å². The van der Waals surface area contributed by atoms with Crippen LogP contribution in [0.3, 0.4) is 0 Å². The zero-order valence-corrected chi connectivity index (χ0v) is 11.6. The Morgan fingerprint density at radius 1 is 1.37 bits per heavy atom. The fourth-order valence-electron chi connectivity index (χ4n) is 2.35. The first-order valence-corrected chi connectivity index (χ1v) is 7.69. The highest BCUT2D eigenvalue weighted by Gasteiger charge is 2.18. The number of anilines is 2. The lowest BCUT2D eigenvalue weighted by Gasteiger charge is -2.31. The minimum absolute atomic E-state index is 0.427. The molecule has 0 aromatic heterocycles. The highest BCUT2D eigenvalue weighted by atomic mass is 32.3. The Labute approximate surface area is 112 Å². The SMILES string of the molecule is Cc1c(CS(=O)(=O)F)cc(N)cc1N1CCNCC1. The fraction of sp³-hybridized carbons (Fsp3) is 0.500. The molecule has 2 rings (SSSR count). The van der Waals surface area contributed by atoms with E-state index < -0.39 is 16.0 Å². The van der Waals surface area contributed by atoms with Crippen molar-refractivity contribution in [3.63, 3.8) is 0 Å². The van der Waals surface area contributed by atoms with Crippen LogP contribution in [0.2, 0.25) is 0 Å². The van der Waals surface area contributed by atoms with Crippen LogP contribution in [0.15, 0.2) is 12.1 Å². The molecule has 7 heteroatoms. The van der Waals surface area contributed by atoms with Crippen LogP contribution in [0.4, 0.5) is 15.3 Å². The maximum absolute atomic E-state index is 12.9. The van der Waals surface area contributed by atoms with Gasteiger partial charge in [0.05, 0.1) is 0 Å². The summed E-state index contributed by atoms with van der Waals surface area (Å²) in [5.41, 5.74) is 8.34. The number of piperazine rings is 1. The first-order valence-electron chi connectivity index (χ1n) is 6.14. The van der Waals surface area contributed by atoms with E-state index in [4.69, 9.17) is 5.73 Å². The average Bonchev–Trinajstić information content (AvgIpc) is 2.32. The van der Waals surface area contributed by atoms with Gasteiger partial charge in [0.15, 0.2) is 0 Å². The predicted molar refractivity (Wildman–Crippen MR) is 74.4 cm³/mol. The number of halogens is 1. The molecule has 1 aromatic rings. The number of nitrogen functional groups attached to an aromatic ring is 1. The zero-order valence-electron chi connectivity index (χ0n) is 10.8.